The van der Waals surface area contributed by atoms with Crippen LogP contribution in [0.3, 0.4) is 0 Å². The summed E-state index contributed by atoms with van der Waals surface area (Å²) in [6, 6.07) is 3.88. The molecule has 0 atom stereocenters. The summed E-state index contributed by atoms with van der Waals surface area (Å²) in [7, 11) is 0. The van der Waals surface area contributed by atoms with Crippen molar-refractivity contribution in [3.8, 4) is 5.95 Å². The normalized spacial score (nSPS) is 11.3. The van der Waals surface area contributed by atoms with Crippen molar-refractivity contribution in [2.75, 3.05) is 5.75 Å². The zero-order valence-corrected chi connectivity index (χ0v) is 15.2. The van der Waals surface area contributed by atoms with E-state index in [-0.39, 0.29) is 5.78 Å². The Morgan fingerprint density at radius 2 is 2.16 bits per heavy atom. The minimum atomic E-state index is 0.0610. The SMILES string of the molecule is Cc1cc(C(=O)CSc2ncnc3sccc23)c(C)n1-c1ncn[nH]1. The van der Waals surface area contributed by atoms with Gasteiger partial charge in [-0.15, -0.1) is 11.3 Å². The predicted molar refractivity (Wildman–Crippen MR) is 97.7 cm³/mol. The highest BCUT2D eigenvalue weighted by Gasteiger charge is 2.18. The van der Waals surface area contributed by atoms with Crippen LogP contribution >= 0.6 is 23.1 Å². The molecule has 0 aromatic carbocycles. The quantitative estimate of drug-likeness (QED) is 0.330. The molecule has 0 aliphatic carbocycles. The number of nitrogens with one attached hydrogen (secondary N) is 1. The molecular weight excluding hydrogens is 356 g/mol. The number of fused-ring (bicyclic) bond motifs is 1. The fourth-order valence-corrected chi connectivity index (χ4v) is 4.43. The molecule has 4 rings (SSSR count). The maximum Gasteiger partial charge on any atom is 0.229 e. The molecule has 0 aliphatic heterocycles. The van der Waals surface area contributed by atoms with Crippen molar-refractivity contribution in [3.63, 3.8) is 0 Å². The van der Waals surface area contributed by atoms with E-state index in [1.807, 2.05) is 35.9 Å². The third-order valence-corrected chi connectivity index (χ3v) is 5.74. The molecular formula is C16H14N6OS2. The van der Waals surface area contributed by atoms with Crippen molar-refractivity contribution >= 4 is 39.1 Å². The molecule has 0 bridgehead atoms. The van der Waals surface area contributed by atoms with Gasteiger partial charge in [0.2, 0.25) is 5.95 Å². The summed E-state index contributed by atoms with van der Waals surface area (Å²) in [6.45, 7) is 3.86. The molecule has 4 heterocycles. The van der Waals surface area contributed by atoms with Crippen LogP contribution in [0.25, 0.3) is 16.2 Å². The van der Waals surface area contributed by atoms with Gasteiger partial charge in [-0.2, -0.15) is 10.1 Å². The number of hydrogen-bond acceptors (Lipinski definition) is 7. The molecule has 0 amide bonds. The third-order valence-electron chi connectivity index (χ3n) is 3.91. The molecule has 25 heavy (non-hydrogen) atoms. The number of aromatic amines is 1. The fourth-order valence-electron chi connectivity index (χ4n) is 2.77. The molecule has 126 valence electrons. The summed E-state index contributed by atoms with van der Waals surface area (Å²) in [5, 5.41) is 10.5. The predicted octanol–water partition coefficient (Wildman–Crippen LogP) is 3.19. The Kier molecular flexibility index (Phi) is 4.10. The minimum absolute atomic E-state index is 0.0610. The largest absolute Gasteiger partial charge is 0.293 e. The van der Waals surface area contributed by atoms with Crippen LogP contribution in [0.1, 0.15) is 21.7 Å². The molecule has 0 saturated heterocycles. The van der Waals surface area contributed by atoms with Gasteiger partial charge in [0, 0.05) is 22.3 Å². The highest BCUT2D eigenvalue weighted by Crippen LogP contribution is 2.29. The Bertz CT molecular complexity index is 1050. The van der Waals surface area contributed by atoms with Gasteiger partial charge in [-0.1, -0.05) is 11.8 Å². The van der Waals surface area contributed by atoms with Gasteiger partial charge in [-0.25, -0.2) is 15.1 Å². The first kappa shape index (κ1) is 16.0. The number of carbonyl (C=O) groups excluding carboxylic acids is 1. The molecule has 9 heteroatoms. The van der Waals surface area contributed by atoms with Crippen LogP contribution in [-0.4, -0.2) is 41.3 Å². The van der Waals surface area contributed by atoms with Crippen LogP contribution in [0.15, 0.2) is 35.2 Å². The highest BCUT2D eigenvalue weighted by molar-refractivity contribution is 8.00. The van der Waals surface area contributed by atoms with Crippen molar-refractivity contribution in [2.45, 2.75) is 18.9 Å². The lowest BCUT2D eigenvalue weighted by Gasteiger charge is -2.05. The summed E-state index contributed by atoms with van der Waals surface area (Å²) in [6.07, 6.45) is 2.99. The first-order chi connectivity index (χ1) is 12.1. The number of thioether (sulfide) groups is 1. The number of nitrogens with zero attached hydrogens (tertiary/aromatic N) is 5. The van der Waals surface area contributed by atoms with E-state index >= 15 is 0 Å². The number of rotatable bonds is 5. The number of hydrogen-bond donors (Lipinski definition) is 1. The van der Waals surface area contributed by atoms with Crippen molar-refractivity contribution < 1.29 is 4.79 Å². The second kappa shape index (κ2) is 6.41. The summed E-state index contributed by atoms with van der Waals surface area (Å²) in [5.41, 5.74) is 2.48. The standard InChI is InChI=1S/C16H14N6OS2/c1-9-5-12(10(2)22(9)16-19-8-20-21-16)13(23)6-25-15-11-3-4-24-14(11)17-7-18-15/h3-5,7-8H,6H2,1-2H3,(H,19,20,21). The molecule has 0 fully saturated rings. The Morgan fingerprint density at radius 3 is 2.96 bits per heavy atom. The fraction of sp³-hybridized carbons (Fsp3) is 0.188. The van der Waals surface area contributed by atoms with Crippen molar-refractivity contribution in [1.29, 1.82) is 0 Å². The van der Waals surface area contributed by atoms with Crippen LogP contribution in [0.4, 0.5) is 0 Å². The topological polar surface area (TPSA) is 89.3 Å². The Morgan fingerprint density at radius 1 is 1.28 bits per heavy atom. The molecule has 0 saturated carbocycles. The van der Waals surface area contributed by atoms with E-state index in [9.17, 15) is 4.79 Å². The average Bonchev–Trinajstić information content (AvgIpc) is 3.33. The van der Waals surface area contributed by atoms with Gasteiger partial charge in [0.25, 0.3) is 0 Å². The van der Waals surface area contributed by atoms with Crippen LogP contribution in [0, 0.1) is 13.8 Å². The molecule has 4 aromatic rings. The zero-order valence-electron chi connectivity index (χ0n) is 13.6. The molecule has 4 aromatic heterocycles. The van der Waals surface area contributed by atoms with Crippen molar-refractivity contribution in [1.82, 2.24) is 29.7 Å². The van der Waals surface area contributed by atoms with Crippen LogP contribution in [-0.2, 0) is 0 Å². The number of H-pyrrole nitrogens is 1. The third kappa shape index (κ3) is 2.85. The van der Waals surface area contributed by atoms with Gasteiger partial charge in [0.1, 0.15) is 22.5 Å². The maximum absolute atomic E-state index is 12.7. The average molecular weight is 370 g/mol. The minimum Gasteiger partial charge on any atom is -0.293 e. The zero-order chi connectivity index (χ0) is 17.4. The van der Waals surface area contributed by atoms with E-state index in [1.54, 1.807) is 17.7 Å². The number of carbonyl (C=O) groups is 1. The smallest absolute Gasteiger partial charge is 0.229 e. The molecule has 0 unspecified atom stereocenters. The number of aryl methyl sites for hydroxylation is 1. The summed E-state index contributed by atoms with van der Waals surface area (Å²) in [4.78, 5) is 26.4. The lowest BCUT2D eigenvalue weighted by Crippen LogP contribution is -2.06. The van der Waals surface area contributed by atoms with Crippen LogP contribution < -0.4 is 0 Å². The van der Waals surface area contributed by atoms with E-state index in [4.69, 9.17) is 0 Å². The van der Waals surface area contributed by atoms with E-state index in [2.05, 4.69) is 25.1 Å². The molecule has 1 N–H and O–H groups in total. The van der Waals surface area contributed by atoms with Gasteiger partial charge in [0.15, 0.2) is 5.78 Å². The van der Waals surface area contributed by atoms with Gasteiger partial charge in [-0.3, -0.25) is 9.36 Å². The summed E-state index contributed by atoms with van der Waals surface area (Å²) in [5.74, 6) is 0.992. The Balaban J connectivity index is 1.58. The second-order valence-electron chi connectivity index (χ2n) is 5.46. The van der Waals surface area contributed by atoms with Crippen molar-refractivity contribution in [3.05, 3.63) is 47.1 Å². The lowest BCUT2D eigenvalue weighted by atomic mass is 10.2. The first-order valence-corrected chi connectivity index (χ1v) is 9.40. The van der Waals surface area contributed by atoms with E-state index in [0.29, 0.717) is 17.3 Å². The van der Waals surface area contributed by atoms with E-state index < -0.39 is 0 Å². The molecule has 0 spiro atoms. The number of aromatic nitrogens is 6. The Labute approximate surface area is 151 Å². The number of ketones is 1. The lowest BCUT2D eigenvalue weighted by molar-refractivity contribution is 0.102. The van der Waals surface area contributed by atoms with Crippen molar-refractivity contribution in [2.24, 2.45) is 0 Å². The summed E-state index contributed by atoms with van der Waals surface area (Å²) >= 11 is 3.01. The highest BCUT2D eigenvalue weighted by atomic mass is 32.2. The Hall–Kier alpha value is -2.52. The van der Waals surface area contributed by atoms with E-state index in [1.165, 1.54) is 18.1 Å². The van der Waals surface area contributed by atoms with Gasteiger partial charge < -0.3 is 0 Å². The molecule has 0 radical (unpaired) electrons. The molecule has 0 aliphatic rings. The molecule has 7 nitrogen and oxygen atoms in total. The number of Topliss-reactive ketones (excluding diaryl/α,β-unsaturated/α-hetero) is 1. The van der Waals surface area contributed by atoms with Gasteiger partial charge in [0.05, 0.1) is 5.75 Å². The van der Waals surface area contributed by atoms with Crippen LogP contribution in [0.2, 0.25) is 0 Å². The first-order valence-electron chi connectivity index (χ1n) is 7.54. The van der Waals surface area contributed by atoms with E-state index in [0.717, 1.165) is 26.6 Å². The monoisotopic (exact) mass is 370 g/mol. The van der Waals surface area contributed by atoms with Gasteiger partial charge in [-0.05, 0) is 31.4 Å². The second-order valence-corrected chi connectivity index (χ2v) is 7.32. The summed E-state index contributed by atoms with van der Waals surface area (Å²) < 4.78 is 1.90. The number of thiophene rings is 1. The van der Waals surface area contributed by atoms with Gasteiger partial charge >= 0.3 is 0 Å². The van der Waals surface area contributed by atoms with Crippen LogP contribution in [0.5, 0.6) is 0 Å². The maximum atomic E-state index is 12.7.